The lowest BCUT2D eigenvalue weighted by molar-refractivity contribution is -0.381. The molecule has 8 fully saturated rings. The number of fused-ring (bicyclic) bond motifs is 7. The maximum Gasteiger partial charge on any atom is 0.315 e. The van der Waals surface area contributed by atoms with Crippen molar-refractivity contribution in [2.45, 2.75) is 204 Å². The third kappa shape index (κ3) is 7.12. The second kappa shape index (κ2) is 16.6. The third-order valence-electron chi connectivity index (χ3n) is 19.4. The van der Waals surface area contributed by atoms with E-state index in [0.717, 1.165) is 32.1 Å². The number of allylic oxidation sites excluding steroid dienone is 2. The summed E-state index contributed by atoms with van der Waals surface area (Å²) in [7, 11) is 0. The van der Waals surface area contributed by atoms with Crippen molar-refractivity contribution >= 4 is 5.97 Å². The number of aliphatic hydroxyl groups excluding tert-OH is 10. The molecule has 4 saturated heterocycles. The molecule has 65 heavy (non-hydrogen) atoms. The molecule has 0 aromatic heterocycles. The van der Waals surface area contributed by atoms with E-state index in [0.29, 0.717) is 19.3 Å². The molecular weight excluding hydrogens is 852 g/mol. The fourth-order valence-corrected chi connectivity index (χ4v) is 15.2. The number of hydrogen-bond donors (Lipinski definition) is 10. The Kier molecular flexibility index (Phi) is 12.4. The van der Waals surface area contributed by atoms with Crippen LogP contribution in [0.3, 0.4) is 0 Å². The van der Waals surface area contributed by atoms with Gasteiger partial charge in [-0.05, 0) is 84.4 Å². The summed E-state index contributed by atoms with van der Waals surface area (Å²) in [5.74, 6) is 0.00221. The van der Waals surface area contributed by atoms with Crippen molar-refractivity contribution in [2.75, 3.05) is 19.8 Å². The predicted molar refractivity (Wildman–Crippen MR) is 224 cm³/mol. The lowest BCUT2D eigenvalue weighted by Gasteiger charge is -2.71. The Hall–Kier alpha value is -1.43. The molecule has 24 atom stereocenters. The van der Waals surface area contributed by atoms with E-state index in [2.05, 4.69) is 54.5 Å². The highest BCUT2D eigenvalue weighted by atomic mass is 16.8. The number of carbonyl (C=O) groups is 1. The summed E-state index contributed by atoms with van der Waals surface area (Å²) in [4.78, 5) is 13.8. The third-order valence-corrected chi connectivity index (χ3v) is 19.4. The van der Waals surface area contributed by atoms with Gasteiger partial charge in [0, 0.05) is 11.8 Å². The molecule has 2 bridgehead atoms. The van der Waals surface area contributed by atoms with Gasteiger partial charge in [0.2, 0.25) is 0 Å². The quantitative estimate of drug-likeness (QED) is 0.0855. The number of ether oxygens (including phenoxy) is 7. The Morgan fingerprint density at radius 2 is 1.38 bits per heavy atom. The summed E-state index contributed by atoms with van der Waals surface area (Å²) in [6.45, 7) is 14.3. The second-order valence-corrected chi connectivity index (χ2v) is 23.3. The zero-order valence-electron chi connectivity index (χ0n) is 38.6. The van der Waals surface area contributed by atoms with Gasteiger partial charge in [-0.1, -0.05) is 60.1 Å². The summed E-state index contributed by atoms with van der Waals surface area (Å²) in [6, 6.07) is 0. The highest BCUT2D eigenvalue weighted by Crippen LogP contribution is 2.76. The van der Waals surface area contributed by atoms with Gasteiger partial charge in [-0.3, -0.25) is 4.79 Å². The first-order valence-corrected chi connectivity index (χ1v) is 23.9. The lowest BCUT2D eigenvalue weighted by atomic mass is 9.33. The average Bonchev–Trinajstić information content (AvgIpc) is 3.57. The van der Waals surface area contributed by atoms with E-state index in [1.165, 1.54) is 5.57 Å². The lowest BCUT2D eigenvalue weighted by Crippen LogP contribution is -2.68. The monoisotopic (exact) mass is 926 g/mol. The molecule has 370 valence electrons. The van der Waals surface area contributed by atoms with Crippen LogP contribution in [0.25, 0.3) is 0 Å². The first-order chi connectivity index (χ1) is 30.4. The Labute approximate surface area is 380 Å². The largest absolute Gasteiger partial charge is 0.461 e. The molecule has 9 aliphatic rings. The van der Waals surface area contributed by atoms with Gasteiger partial charge in [0.25, 0.3) is 0 Å². The summed E-state index contributed by atoms with van der Waals surface area (Å²) in [6.07, 6.45) is -15.4. The molecule has 10 N–H and O–H groups in total. The van der Waals surface area contributed by atoms with Crippen LogP contribution < -0.4 is 0 Å². The Balaban J connectivity index is 0.978. The van der Waals surface area contributed by atoms with Crippen molar-refractivity contribution in [1.82, 2.24) is 0 Å². The van der Waals surface area contributed by atoms with Crippen LogP contribution in [0.15, 0.2) is 11.6 Å². The van der Waals surface area contributed by atoms with Crippen molar-refractivity contribution in [1.29, 1.82) is 0 Å². The van der Waals surface area contributed by atoms with Gasteiger partial charge in [-0.2, -0.15) is 0 Å². The fraction of sp³-hybridized carbons (Fsp3) is 0.936. The minimum absolute atomic E-state index is 0.0992. The van der Waals surface area contributed by atoms with Gasteiger partial charge in [0.1, 0.15) is 78.7 Å². The van der Waals surface area contributed by atoms with Gasteiger partial charge in [0.05, 0.1) is 32.0 Å². The van der Waals surface area contributed by atoms with Gasteiger partial charge in [-0.15, -0.1) is 0 Å². The molecule has 4 aliphatic heterocycles. The van der Waals surface area contributed by atoms with Crippen molar-refractivity contribution in [2.24, 2.45) is 50.2 Å². The van der Waals surface area contributed by atoms with Gasteiger partial charge in [-0.25, -0.2) is 0 Å². The summed E-state index contributed by atoms with van der Waals surface area (Å²) < 4.78 is 42.2. The topological polar surface area (TPSA) is 284 Å². The number of carbonyl (C=O) groups excluding carboxylic acids is 1. The Morgan fingerprint density at radius 1 is 0.708 bits per heavy atom. The molecule has 4 heterocycles. The van der Waals surface area contributed by atoms with Gasteiger partial charge in [0.15, 0.2) is 18.9 Å². The van der Waals surface area contributed by atoms with E-state index in [-0.39, 0.29) is 58.1 Å². The first-order valence-electron chi connectivity index (χ1n) is 23.9. The van der Waals surface area contributed by atoms with Crippen LogP contribution >= 0.6 is 0 Å². The van der Waals surface area contributed by atoms with Crippen molar-refractivity contribution in [3.05, 3.63) is 11.6 Å². The minimum Gasteiger partial charge on any atom is -0.461 e. The minimum atomic E-state index is -1.83. The molecule has 0 amide bonds. The summed E-state index contributed by atoms with van der Waals surface area (Å²) >= 11 is 0. The van der Waals surface area contributed by atoms with Crippen LogP contribution in [0.2, 0.25) is 0 Å². The maximum atomic E-state index is 13.8. The van der Waals surface area contributed by atoms with Crippen molar-refractivity contribution in [3.63, 3.8) is 0 Å². The molecule has 4 saturated carbocycles. The van der Waals surface area contributed by atoms with Crippen LogP contribution in [0.1, 0.15) is 99.8 Å². The van der Waals surface area contributed by atoms with Crippen molar-refractivity contribution in [3.8, 4) is 0 Å². The Morgan fingerprint density at radius 3 is 2.09 bits per heavy atom. The fourth-order valence-electron chi connectivity index (χ4n) is 15.2. The van der Waals surface area contributed by atoms with Crippen LogP contribution in [0.5, 0.6) is 0 Å². The molecule has 18 nitrogen and oxygen atoms in total. The highest BCUT2D eigenvalue weighted by molar-refractivity contribution is 5.82. The van der Waals surface area contributed by atoms with Crippen LogP contribution in [0, 0.1) is 50.2 Å². The average molecular weight is 927 g/mol. The summed E-state index contributed by atoms with van der Waals surface area (Å²) in [5, 5.41) is 108. The number of esters is 1. The van der Waals surface area contributed by atoms with Gasteiger partial charge >= 0.3 is 5.97 Å². The van der Waals surface area contributed by atoms with Crippen LogP contribution in [0.4, 0.5) is 0 Å². The molecular formula is C47H74O18. The van der Waals surface area contributed by atoms with Gasteiger partial charge < -0.3 is 84.2 Å². The smallest absolute Gasteiger partial charge is 0.315 e. The molecule has 5 aliphatic carbocycles. The molecule has 1 spiro atoms. The maximum absolute atomic E-state index is 13.8. The summed E-state index contributed by atoms with van der Waals surface area (Å²) in [5.41, 5.74) is -1.09. The molecule has 0 aromatic rings. The van der Waals surface area contributed by atoms with Crippen molar-refractivity contribution < 1.29 is 89.0 Å². The van der Waals surface area contributed by atoms with Crippen LogP contribution in [-0.2, 0) is 38.0 Å². The zero-order chi connectivity index (χ0) is 47.1. The normalized spacial score (nSPS) is 55.8. The molecule has 0 radical (unpaired) electrons. The van der Waals surface area contributed by atoms with E-state index in [1.54, 1.807) is 0 Å². The standard InChI is InChI=1S/C47H74O18/c1-42(2)14-21-20-8-9-26-44(5)12-11-28(43(3,4)25(44)10-13-45(26,6)46(20,7)15-27(50)47(21)16-29(42)64-41(47)58)63-40-37(65-39-36(57)33(54)31(52)23(17-48)61-39)34(55)32(53)24(62-40)19-60-38-35(56)30(51)22(49)18-59-38/h8,21-40,48-57H,9-19H2,1-7H3/t21-,22-,23+,24+,25-,26+,27-,28-,29-,30-,31+,32+,33-,34-,35+,36+,37+,38-,39-,40-,44-,45+,46+,47+/m0/s1. The van der Waals surface area contributed by atoms with E-state index < -0.39 is 122 Å². The van der Waals surface area contributed by atoms with E-state index >= 15 is 0 Å². The van der Waals surface area contributed by atoms with E-state index in [4.69, 9.17) is 33.2 Å². The number of aliphatic hydroxyl groups is 10. The van der Waals surface area contributed by atoms with E-state index in [9.17, 15) is 55.9 Å². The predicted octanol–water partition coefficient (Wildman–Crippen LogP) is -0.233. The zero-order valence-corrected chi connectivity index (χ0v) is 38.6. The Bertz CT molecular complexity index is 1830. The number of rotatable bonds is 8. The first kappa shape index (κ1) is 48.6. The highest BCUT2D eigenvalue weighted by Gasteiger charge is 2.74. The molecule has 9 rings (SSSR count). The van der Waals surface area contributed by atoms with E-state index in [1.807, 2.05) is 0 Å². The van der Waals surface area contributed by atoms with Crippen LogP contribution in [-0.4, -0.2) is 181 Å². The second-order valence-electron chi connectivity index (χ2n) is 23.3. The molecule has 0 aromatic carbocycles. The molecule has 0 unspecified atom stereocenters. The molecule has 18 heteroatoms. The number of hydrogen-bond acceptors (Lipinski definition) is 18. The SMILES string of the molecule is CC1(C)C[C@H]2C3=CC[C@@H]4[C@@]5(C)CC[C@H](O[C@@H]6O[C@H](CO[C@@H]7OC[C@H](O)[C@H](O)[C@H]7O)[C@@H](O)[C@H](O)[C@H]6O[C@@H]6O[C@H](CO)[C@@H](O)[C@H](O)[C@H]6O)C(C)(C)[C@@H]5CC[C@@]4(C)[C@]3(C)C[C@H](O)[C@@]23C[C@@H]1OC3=O.